The van der Waals surface area contributed by atoms with Crippen LogP contribution in [0, 0.1) is 0 Å². The lowest BCUT2D eigenvalue weighted by atomic mass is 9.97. The van der Waals surface area contributed by atoms with Crippen LogP contribution in [-0.4, -0.2) is 55.2 Å². The zero-order valence-corrected chi connectivity index (χ0v) is 25.6. The molecule has 1 fully saturated rings. The highest BCUT2D eigenvalue weighted by Gasteiger charge is 2.32. The maximum atomic E-state index is 12.4. The second kappa shape index (κ2) is 14.6. The molecule has 1 amide bonds. The van der Waals surface area contributed by atoms with Gasteiger partial charge in [-0.25, -0.2) is 4.68 Å². The predicted octanol–water partition coefficient (Wildman–Crippen LogP) is 4.27. The normalized spacial score (nSPS) is 18.9. The Hall–Kier alpha value is -4.10. The van der Waals surface area contributed by atoms with Crippen molar-refractivity contribution in [1.29, 1.82) is 0 Å². The Balaban J connectivity index is 1.32. The predicted molar refractivity (Wildman–Crippen MR) is 163 cm³/mol. The van der Waals surface area contributed by atoms with Gasteiger partial charge in [-0.15, -0.1) is 5.10 Å². The number of hydrogen-bond donors (Lipinski definition) is 2. The van der Waals surface area contributed by atoms with E-state index in [1.54, 1.807) is 18.7 Å². The SMILES string of the molecule is CC(=O)O[C@@H](C)C(=O)NCc1ccccc1-c1ccc([C@H]2O[C@@H](CSc3nnnn3C)C[C@@H](c3ccc(CO)cc3)O2)cc1. The monoisotopic (exact) mass is 617 g/mol. The average Bonchev–Trinajstić information content (AvgIpc) is 3.46. The number of aliphatic hydroxyl groups excluding tert-OH is 1. The standard InChI is InChI=1S/C32H35N5O6S/c1-20(41-21(2)39)30(40)33-17-26-6-4-5-7-28(26)23-12-14-25(15-13-23)31-42-27(19-44-32-34-35-36-37(32)3)16-29(43-31)24-10-8-22(18-38)9-11-24/h4-15,20,27,29,31,38H,16-19H2,1-3H3,(H,33,40)/t20-,27+,29-,31-/m0/s1. The third-order valence-electron chi connectivity index (χ3n) is 7.27. The minimum Gasteiger partial charge on any atom is -0.453 e. The number of benzene rings is 3. The first kappa shape index (κ1) is 31.3. The molecule has 0 spiro atoms. The van der Waals surface area contributed by atoms with Crippen molar-refractivity contribution in [3.63, 3.8) is 0 Å². The van der Waals surface area contributed by atoms with Crippen LogP contribution in [0.4, 0.5) is 0 Å². The number of thioether (sulfide) groups is 1. The number of nitrogens with one attached hydrogen (secondary N) is 1. The zero-order valence-electron chi connectivity index (χ0n) is 24.8. The molecule has 0 radical (unpaired) electrons. The summed E-state index contributed by atoms with van der Waals surface area (Å²) < 4.78 is 19.5. The maximum Gasteiger partial charge on any atom is 0.303 e. The van der Waals surface area contributed by atoms with Crippen LogP contribution in [0.25, 0.3) is 11.1 Å². The number of rotatable bonds is 11. The molecular weight excluding hydrogens is 582 g/mol. The number of carbonyl (C=O) groups is 2. The van der Waals surface area contributed by atoms with Gasteiger partial charge in [-0.2, -0.15) is 0 Å². The summed E-state index contributed by atoms with van der Waals surface area (Å²) >= 11 is 1.53. The van der Waals surface area contributed by atoms with Gasteiger partial charge in [-0.05, 0) is 45.2 Å². The summed E-state index contributed by atoms with van der Waals surface area (Å²) in [5, 5.41) is 24.7. The summed E-state index contributed by atoms with van der Waals surface area (Å²) in [6, 6.07) is 23.6. The average molecular weight is 618 g/mol. The lowest BCUT2D eigenvalue weighted by Crippen LogP contribution is -2.35. The minimum absolute atomic E-state index is 0.0161. The lowest BCUT2D eigenvalue weighted by Gasteiger charge is -2.36. The second-order valence-corrected chi connectivity index (χ2v) is 11.5. The quantitative estimate of drug-likeness (QED) is 0.185. The summed E-state index contributed by atoms with van der Waals surface area (Å²) in [5.41, 5.74) is 5.60. The fraction of sp³-hybridized carbons (Fsp3) is 0.344. The Bertz CT molecular complexity index is 1560. The zero-order chi connectivity index (χ0) is 31.1. The van der Waals surface area contributed by atoms with E-state index in [9.17, 15) is 14.7 Å². The van der Waals surface area contributed by atoms with Crippen molar-refractivity contribution >= 4 is 23.6 Å². The number of aliphatic hydroxyl groups is 1. The number of ether oxygens (including phenoxy) is 3. The number of nitrogens with zero attached hydrogens (tertiary/aromatic N) is 4. The molecule has 230 valence electrons. The molecule has 1 saturated heterocycles. The topological polar surface area (TPSA) is 138 Å². The van der Waals surface area contributed by atoms with Gasteiger partial charge < -0.3 is 24.6 Å². The Morgan fingerprint density at radius 2 is 1.80 bits per heavy atom. The van der Waals surface area contributed by atoms with Crippen LogP contribution in [0.2, 0.25) is 0 Å². The summed E-state index contributed by atoms with van der Waals surface area (Å²) in [7, 11) is 1.80. The van der Waals surface area contributed by atoms with E-state index < -0.39 is 18.4 Å². The molecule has 4 aromatic rings. The van der Waals surface area contributed by atoms with E-state index in [-0.39, 0.29) is 31.3 Å². The number of aryl methyl sites for hydroxylation is 1. The molecule has 1 aliphatic rings. The van der Waals surface area contributed by atoms with Gasteiger partial charge in [0.15, 0.2) is 12.4 Å². The van der Waals surface area contributed by atoms with E-state index in [2.05, 4.69) is 20.8 Å². The Morgan fingerprint density at radius 3 is 2.48 bits per heavy atom. The summed E-state index contributed by atoms with van der Waals surface area (Å²) in [5.74, 6) is -0.217. The van der Waals surface area contributed by atoms with Gasteiger partial charge in [0.05, 0.1) is 18.8 Å². The molecular formula is C32H35N5O6S. The highest BCUT2D eigenvalue weighted by molar-refractivity contribution is 7.99. The van der Waals surface area contributed by atoms with Crippen molar-refractivity contribution in [2.24, 2.45) is 7.05 Å². The van der Waals surface area contributed by atoms with Crippen molar-refractivity contribution in [3.05, 3.63) is 95.1 Å². The van der Waals surface area contributed by atoms with Crippen molar-refractivity contribution in [3.8, 4) is 11.1 Å². The minimum atomic E-state index is -0.870. The van der Waals surface area contributed by atoms with E-state index >= 15 is 0 Å². The molecule has 0 unspecified atom stereocenters. The summed E-state index contributed by atoms with van der Waals surface area (Å²) in [4.78, 5) is 23.6. The maximum absolute atomic E-state index is 12.4. The number of carbonyl (C=O) groups excluding carboxylic acids is 2. The molecule has 0 aliphatic carbocycles. The van der Waals surface area contributed by atoms with E-state index in [0.29, 0.717) is 17.3 Å². The van der Waals surface area contributed by atoms with Crippen LogP contribution >= 0.6 is 11.8 Å². The van der Waals surface area contributed by atoms with Crippen LogP contribution in [0.5, 0.6) is 0 Å². The van der Waals surface area contributed by atoms with E-state index in [0.717, 1.165) is 33.4 Å². The molecule has 12 heteroatoms. The fourth-order valence-corrected chi connectivity index (χ4v) is 5.81. The molecule has 2 heterocycles. The van der Waals surface area contributed by atoms with E-state index in [1.807, 2.05) is 72.8 Å². The van der Waals surface area contributed by atoms with Gasteiger partial charge >= 0.3 is 5.97 Å². The van der Waals surface area contributed by atoms with Crippen molar-refractivity contribution in [1.82, 2.24) is 25.5 Å². The van der Waals surface area contributed by atoms with Gasteiger partial charge in [-0.1, -0.05) is 84.6 Å². The molecule has 44 heavy (non-hydrogen) atoms. The summed E-state index contributed by atoms with van der Waals surface area (Å²) in [6.45, 7) is 3.09. The first-order valence-corrected chi connectivity index (χ1v) is 15.3. The molecule has 11 nitrogen and oxygen atoms in total. The molecule has 4 atom stereocenters. The number of esters is 1. The highest BCUT2D eigenvalue weighted by Crippen LogP contribution is 2.39. The molecule has 5 rings (SSSR count). The van der Waals surface area contributed by atoms with Gasteiger partial charge in [0.25, 0.3) is 5.91 Å². The lowest BCUT2D eigenvalue weighted by molar-refractivity contribution is -0.245. The second-order valence-electron chi connectivity index (χ2n) is 10.5. The van der Waals surface area contributed by atoms with Crippen molar-refractivity contribution in [2.75, 3.05) is 5.75 Å². The number of amides is 1. The first-order valence-electron chi connectivity index (χ1n) is 14.3. The van der Waals surface area contributed by atoms with Crippen molar-refractivity contribution in [2.45, 2.75) is 63.2 Å². The highest BCUT2D eigenvalue weighted by atomic mass is 32.2. The third-order valence-corrected chi connectivity index (χ3v) is 8.41. The molecule has 1 aromatic heterocycles. The van der Waals surface area contributed by atoms with E-state index in [4.69, 9.17) is 14.2 Å². The Kier molecular flexibility index (Phi) is 10.4. The number of hydrogen-bond acceptors (Lipinski definition) is 10. The van der Waals surface area contributed by atoms with Crippen LogP contribution < -0.4 is 5.32 Å². The van der Waals surface area contributed by atoms with Gasteiger partial charge in [0, 0.05) is 38.3 Å². The third kappa shape index (κ3) is 7.88. The Labute approximate surface area is 259 Å². The smallest absolute Gasteiger partial charge is 0.303 e. The van der Waals surface area contributed by atoms with E-state index in [1.165, 1.54) is 18.7 Å². The molecule has 1 aliphatic heterocycles. The van der Waals surface area contributed by atoms with Gasteiger partial charge in [-0.3, -0.25) is 9.59 Å². The van der Waals surface area contributed by atoms with Crippen LogP contribution in [0.3, 0.4) is 0 Å². The van der Waals surface area contributed by atoms with Crippen LogP contribution in [-0.2, 0) is 44.0 Å². The van der Waals surface area contributed by atoms with Crippen LogP contribution in [0.1, 0.15) is 54.9 Å². The number of tetrazole rings is 1. The van der Waals surface area contributed by atoms with Gasteiger partial charge in [0.2, 0.25) is 5.16 Å². The van der Waals surface area contributed by atoms with Gasteiger partial charge in [0.1, 0.15) is 0 Å². The number of aromatic nitrogens is 4. The largest absolute Gasteiger partial charge is 0.453 e. The molecule has 3 aromatic carbocycles. The summed E-state index contributed by atoms with van der Waals surface area (Å²) in [6.07, 6.45) is -1.15. The molecule has 2 N–H and O–H groups in total. The first-order chi connectivity index (χ1) is 21.3. The Morgan fingerprint density at radius 1 is 1.07 bits per heavy atom. The van der Waals surface area contributed by atoms with Crippen LogP contribution in [0.15, 0.2) is 78.0 Å². The molecule has 0 bridgehead atoms. The molecule has 0 saturated carbocycles. The van der Waals surface area contributed by atoms with Crippen molar-refractivity contribution < 1.29 is 28.9 Å². The fourth-order valence-electron chi connectivity index (χ4n) is 4.94.